The largest absolute Gasteiger partial charge is 0.504 e. The van der Waals surface area contributed by atoms with E-state index >= 15 is 0 Å². The van der Waals surface area contributed by atoms with E-state index < -0.39 is 0 Å². The average Bonchev–Trinajstić information content (AvgIpc) is 2.05. The standard InChI is InChI=1S/C8H8O3.CH4/c1-11-8-4-6(5-9)2-3-7(8)10;/h2-5,10H,1H3;1H4. The summed E-state index contributed by atoms with van der Waals surface area (Å²) in [6.45, 7) is 0. The zero-order chi connectivity index (χ0) is 8.27. The number of rotatable bonds is 2. The van der Waals surface area contributed by atoms with E-state index in [4.69, 9.17) is 9.84 Å². The fraction of sp³-hybridized carbons (Fsp3) is 0.222. The number of methoxy groups -OCH3 is 1. The Hall–Kier alpha value is -1.51. The van der Waals surface area contributed by atoms with Crippen molar-refractivity contribution in [2.45, 2.75) is 7.43 Å². The van der Waals surface area contributed by atoms with Gasteiger partial charge in [-0.15, -0.1) is 0 Å². The Balaban J connectivity index is 0.00000121. The van der Waals surface area contributed by atoms with E-state index in [0.717, 1.165) is 0 Å². The molecule has 3 heteroatoms. The molecule has 0 radical (unpaired) electrons. The van der Waals surface area contributed by atoms with Gasteiger partial charge in [0.05, 0.1) is 7.11 Å². The average molecular weight is 168 g/mol. The minimum atomic E-state index is 0. The molecular weight excluding hydrogens is 156 g/mol. The predicted molar refractivity (Wildman–Crippen MR) is 46.8 cm³/mol. The van der Waals surface area contributed by atoms with Crippen LogP contribution >= 0.6 is 0 Å². The van der Waals surface area contributed by atoms with Crippen LogP contribution in [0.3, 0.4) is 0 Å². The fourth-order valence-electron chi connectivity index (χ4n) is 0.768. The lowest BCUT2D eigenvalue weighted by atomic mass is 10.2. The lowest BCUT2D eigenvalue weighted by Crippen LogP contribution is -1.85. The molecule has 0 saturated carbocycles. The van der Waals surface area contributed by atoms with Crippen LogP contribution in [0.4, 0.5) is 0 Å². The van der Waals surface area contributed by atoms with Gasteiger partial charge in [0, 0.05) is 5.56 Å². The van der Waals surface area contributed by atoms with E-state index in [1.54, 1.807) is 0 Å². The molecule has 0 aliphatic carbocycles. The van der Waals surface area contributed by atoms with Crippen LogP contribution < -0.4 is 4.74 Å². The van der Waals surface area contributed by atoms with Gasteiger partial charge in [-0.3, -0.25) is 4.79 Å². The van der Waals surface area contributed by atoms with E-state index in [1.165, 1.54) is 25.3 Å². The Morgan fingerprint density at radius 2 is 2.17 bits per heavy atom. The number of carbonyl (C=O) groups excluding carboxylic acids is 1. The van der Waals surface area contributed by atoms with Crippen molar-refractivity contribution in [3.63, 3.8) is 0 Å². The number of hydrogen-bond donors (Lipinski definition) is 1. The topological polar surface area (TPSA) is 46.5 Å². The number of phenolic OH excluding ortho intramolecular Hbond substituents is 1. The minimum absolute atomic E-state index is 0. The molecule has 66 valence electrons. The normalized spacial score (nSPS) is 8.42. The summed E-state index contributed by atoms with van der Waals surface area (Å²) < 4.78 is 4.78. The first-order chi connectivity index (χ1) is 5.27. The van der Waals surface area contributed by atoms with Gasteiger partial charge in [0.1, 0.15) is 6.29 Å². The van der Waals surface area contributed by atoms with E-state index in [-0.39, 0.29) is 13.2 Å². The molecule has 0 spiro atoms. The number of hydrogen-bond acceptors (Lipinski definition) is 3. The Morgan fingerprint density at radius 1 is 1.50 bits per heavy atom. The molecule has 0 heterocycles. The molecule has 0 fully saturated rings. The zero-order valence-electron chi connectivity index (χ0n) is 6.07. The third kappa shape index (κ3) is 1.99. The van der Waals surface area contributed by atoms with Crippen LogP contribution in [0.2, 0.25) is 0 Å². The first-order valence-corrected chi connectivity index (χ1v) is 3.10. The minimum Gasteiger partial charge on any atom is -0.504 e. The van der Waals surface area contributed by atoms with Crippen LogP contribution in [-0.2, 0) is 0 Å². The molecule has 0 amide bonds. The van der Waals surface area contributed by atoms with Crippen molar-refractivity contribution in [3.8, 4) is 11.5 Å². The van der Waals surface area contributed by atoms with Gasteiger partial charge in [0.25, 0.3) is 0 Å². The van der Waals surface area contributed by atoms with Crippen molar-refractivity contribution in [3.05, 3.63) is 23.8 Å². The molecule has 0 unspecified atom stereocenters. The quantitative estimate of drug-likeness (QED) is 0.685. The van der Waals surface area contributed by atoms with Gasteiger partial charge in [0.2, 0.25) is 0 Å². The molecule has 0 aromatic heterocycles. The molecule has 1 aromatic rings. The molecule has 0 bridgehead atoms. The Kier molecular flexibility index (Phi) is 3.83. The highest BCUT2D eigenvalue weighted by Gasteiger charge is 2.00. The molecular formula is C9H12O3. The zero-order valence-corrected chi connectivity index (χ0v) is 6.07. The number of aldehydes is 1. The number of phenols is 1. The van der Waals surface area contributed by atoms with Crippen LogP contribution in [0, 0.1) is 0 Å². The fourth-order valence-corrected chi connectivity index (χ4v) is 0.768. The summed E-state index contributed by atoms with van der Waals surface area (Å²) in [7, 11) is 1.43. The lowest BCUT2D eigenvalue weighted by Gasteiger charge is -2.01. The first-order valence-electron chi connectivity index (χ1n) is 3.10. The Morgan fingerprint density at radius 3 is 2.67 bits per heavy atom. The van der Waals surface area contributed by atoms with Gasteiger partial charge < -0.3 is 9.84 Å². The maximum Gasteiger partial charge on any atom is 0.161 e. The van der Waals surface area contributed by atoms with E-state index in [1.807, 2.05) is 0 Å². The summed E-state index contributed by atoms with van der Waals surface area (Å²) in [6, 6.07) is 4.41. The molecule has 0 saturated heterocycles. The van der Waals surface area contributed by atoms with Gasteiger partial charge >= 0.3 is 0 Å². The second-order valence-corrected chi connectivity index (χ2v) is 2.05. The monoisotopic (exact) mass is 168 g/mol. The molecule has 0 aliphatic rings. The highest BCUT2D eigenvalue weighted by atomic mass is 16.5. The third-order valence-corrected chi connectivity index (χ3v) is 1.34. The lowest BCUT2D eigenvalue weighted by molar-refractivity contribution is 0.112. The van der Waals surface area contributed by atoms with Gasteiger partial charge in [-0.25, -0.2) is 0 Å². The van der Waals surface area contributed by atoms with Crippen LogP contribution in [-0.4, -0.2) is 18.5 Å². The SMILES string of the molecule is C.COc1cc(C=O)ccc1O. The van der Waals surface area contributed by atoms with Crippen LogP contribution in [0.1, 0.15) is 17.8 Å². The molecule has 12 heavy (non-hydrogen) atoms. The van der Waals surface area contributed by atoms with Crippen molar-refractivity contribution in [2.24, 2.45) is 0 Å². The molecule has 1 N–H and O–H groups in total. The summed E-state index contributed by atoms with van der Waals surface area (Å²) >= 11 is 0. The van der Waals surface area contributed by atoms with Gasteiger partial charge in [-0.2, -0.15) is 0 Å². The molecule has 3 nitrogen and oxygen atoms in total. The Bertz CT molecular complexity index is 268. The number of carbonyl (C=O) groups is 1. The summed E-state index contributed by atoms with van der Waals surface area (Å²) in [6.07, 6.45) is 0.696. The summed E-state index contributed by atoms with van der Waals surface area (Å²) in [4.78, 5) is 10.2. The number of benzene rings is 1. The van der Waals surface area contributed by atoms with E-state index in [9.17, 15) is 4.79 Å². The summed E-state index contributed by atoms with van der Waals surface area (Å²) in [5.41, 5.74) is 0.486. The van der Waals surface area contributed by atoms with Gasteiger partial charge in [-0.05, 0) is 18.2 Å². The van der Waals surface area contributed by atoms with Crippen LogP contribution in [0.5, 0.6) is 11.5 Å². The Labute approximate surface area is 71.6 Å². The smallest absolute Gasteiger partial charge is 0.161 e. The molecule has 1 aromatic carbocycles. The number of ether oxygens (including phenoxy) is 1. The highest BCUT2D eigenvalue weighted by Crippen LogP contribution is 2.25. The van der Waals surface area contributed by atoms with Gasteiger partial charge in [0.15, 0.2) is 11.5 Å². The maximum atomic E-state index is 10.2. The molecule has 0 atom stereocenters. The number of aromatic hydroxyl groups is 1. The van der Waals surface area contributed by atoms with Crippen LogP contribution in [0.15, 0.2) is 18.2 Å². The second-order valence-electron chi connectivity index (χ2n) is 2.05. The van der Waals surface area contributed by atoms with Crippen molar-refractivity contribution in [1.29, 1.82) is 0 Å². The summed E-state index contributed by atoms with van der Waals surface area (Å²) in [5.74, 6) is 0.354. The first kappa shape index (κ1) is 10.5. The maximum absolute atomic E-state index is 10.2. The highest BCUT2D eigenvalue weighted by molar-refractivity contribution is 5.76. The second kappa shape index (κ2) is 4.38. The van der Waals surface area contributed by atoms with Gasteiger partial charge in [-0.1, -0.05) is 7.43 Å². The van der Waals surface area contributed by atoms with Crippen molar-refractivity contribution in [1.82, 2.24) is 0 Å². The van der Waals surface area contributed by atoms with E-state index in [2.05, 4.69) is 0 Å². The predicted octanol–water partition coefficient (Wildman–Crippen LogP) is 1.85. The summed E-state index contributed by atoms with van der Waals surface area (Å²) in [5, 5.41) is 9.09. The third-order valence-electron chi connectivity index (χ3n) is 1.34. The van der Waals surface area contributed by atoms with Crippen molar-refractivity contribution < 1.29 is 14.6 Å². The van der Waals surface area contributed by atoms with Crippen molar-refractivity contribution >= 4 is 6.29 Å². The van der Waals surface area contributed by atoms with Crippen molar-refractivity contribution in [2.75, 3.05) is 7.11 Å². The molecule has 0 aliphatic heterocycles. The van der Waals surface area contributed by atoms with E-state index in [0.29, 0.717) is 17.6 Å². The molecule has 1 rings (SSSR count). The van der Waals surface area contributed by atoms with Crippen LogP contribution in [0.25, 0.3) is 0 Å².